The first-order valence-electron chi connectivity index (χ1n) is 5.75. The number of aromatic amines is 1. The molecule has 1 heterocycles. The van der Waals surface area contributed by atoms with Crippen molar-refractivity contribution in [2.24, 2.45) is 5.92 Å². The average molecular weight is 260 g/mol. The summed E-state index contributed by atoms with van der Waals surface area (Å²) in [5.74, 6) is 0.545. The molecule has 0 bridgehead atoms. The fourth-order valence-corrected chi connectivity index (χ4v) is 1.88. The molecule has 17 heavy (non-hydrogen) atoms. The van der Waals surface area contributed by atoms with Crippen LogP contribution < -0.4 is 10.9 Å². The first-order valence-corrected chi connectivity index (χ1v) is 6.13. The monoisotopic (exact) mass is 259 g/mol. The minimum Gasteiger partial charge on any atom is -0.391 e. The van der Waals surface area contributed by atoms with E-state index in [0.29, 0.717) is 12.4 Å². The molecule has 1 rings (SSSR count). The van der Waals surface area contributed by atoms with E-state index in [0.717, 1.165) is 12.8 Å². The van der Waals surface area contributed by atoms with Crippen molar-refractivity contribution in [3.63, 3.8) is 0 Å². The summed E-state index contributed by atoms with van der Waals surface area (Å²) in [5.41, 5.74) is -0.388. The highest BCUT2D eigenvalue weighted by Gasteiger charge is 2.16. The second-order valence-corrected chi connectivity index (χ2v) is 4.30. The minimum atomic E-state index is -0.470. The van der Waals surface area contributed by atoms with Crippen LogP contribution in [-0.2, 0) is 0 Å². The predicted molar refractivity (Wildman–Crippen MR) is 68.4 cm³/mol. The summed E-state index contributed by atoms with van der Waals surface area (Å²) in [5, 5.41) is 12.8. The van der Waals surface area contributed by atoms with E-state index in [1.54, 1.807) is 0 Å². The zero-order chi connectivity index (χ0) is 12.8. The number of aliphatic hydroxyl groups excluding tert-OH is 1. The van der Waals surface area contributed by atoms with Crippen molar-refractivity contribution < 1.29 is 5.11 Å². The molecule has 0 aliphatic heterocycles. The number of H-pyrrole nitrogens is 1. The van der Waals surface area contributed by atoms with Crippen LogP contribution in [0.1, 0.15) is 26.7 Å². The lowest BCUT2D eigenvalue weighted by Gasteiger charge is -2.20. The normalized spacial score (nSPS) is 12.8. The van der Waals surface area contributed by atoms with Crippen molar-refractivity contribution in [2.75, 3.05) is 11.9 Å². The Hall–Kier alpha value is -1.07. The number of hydrogen-bond acceptors (Lipinski definition) is 4. The molecule has 1 atom stereocenters. The highest BCUT2D eigenvalue weighted by atomic mass is 35.5. The molecular weight excluding hydrogens is 242 g/mol. The van der Waals surface area contributed by atoms with Crippen LogP contribution in [0.15, 0.2) is 11.1 Å². The highest BCUT2D eigenvalue weighted by Crippen LogP contribution is 2.16. The number of halogens is 1. The lowest BCUT2D eigenvalue weighted by molar-refractivity contribution is 0.114. The third-order valence-corrected chi connectivity index (χ3v) is 3.22. The first-order chi connectivity index (χ1) is 8.10. The molecule has 0 saturated heterocycles. The third-order valence-electron chi connectivity index (χ3n) is 2.87. The van der Waals surface area contributed by atoms with Crippen LogP contribution in [0.3, 0.4) is 0 Å². The van der Waals surface area contributed by atoms with Gasteiger partial charge in [0.05, 0.1) is 12.4 Å². The van der Waals surface area contributed by atoms with Crippen LogP contribution in [0.25, 0.3) is 0 Å². The summed E-state index contributed by atoms with van der Waals surface area (Å²) in [4.78, 5) is 17.5. The Labute approximate surface area is 105 Å². The van der Waals surface area contributed by atoms with Crippen molar-refractivity contribution in [1.82, 2.24) is 9.97 Å². The summed E-state index contributed by atoms with van der Waals surface area (Å²) < 4.78 is 0. The van der Waals surface area contributed by atoms with E-state index in [2.05, 4.69) is 15.3 Å². The third kappa shape index (κ3) is 3.71. The smallest absolute Gasteiger partial charge is 0.271 e. The quantitative estimate of drug-likeness (QED) is 0.726. The fourth-order valence-electron chi connectivity index (χ4n) is 1.71. The Bertz CT molecular complexity index is 404. The van der Waals surface area contributed by atoms with E-state index in [1.165, 1.54) is 6.33 Å². The van der Waals surface area contributed by atoms with Gasteiger partial charge in [-0.25, -0.2) is 4.98 Å². The van der Waals surface area contributed by atoms with Gasteiger partial charge in [0, 0.05) is 6.54 Å². The van der Waals surface area contributed by atoms with Crippen molar-refractivity contribution in [2.45, 2.75) is 32.8 Å². The molecule has 1 aromatic heterocycles. The molecule has 0 saturated carbocycles. The van der Waals surface area contributed by atoms with E-state index in [-0.39, 0.29) is 16.5 Å². The highest BCUT2D eigenvalue weighted by molar-refractivity contribution is 6.32. The zero-order valence-electron chi connectivity index (χ0n) is 10.0. The van der Waals surface area contributed by atoms with Gasteiger partial charge in [-0.15, -0.1) is 0 Å². The topological polar surface area (TPSA) is 78.0 Å². The molecule has 6 heteroatoms. The molecule has 0 aromatic carbocycles. The Morgan fingerprint density at radius 1 is 1.53 bits per heavy atom. The van der Waals surface area contributed by atoms with Crippen LogP contribution in [0.4, 0.5) is 5.82 Å². The maximum atomic E-state index is 11.2. The first kappa shape index (κ1) is 14.0. The Balaban J connectivity index is 2.61. The molecule has 0 spiro atoms. The van der Waals surface area contributed by atoms with E-state index in [1.807, 2.05) is 13.8 Å². The van der Waals surface area contributed by atoms with Crippen molar-refractivity contribution >= 4 is 17.4 Å². The Kier molecular flexibility index (Phi) is 5.44. The minimum absolute atomic E-state index is 0.0178. The van der Waals surface area contributed by atoms with Gasteiger partial charge in [-0.3, -0.25) is 4.79 Å². The average Bonchev–Trinajstić information content (AvgIpc) is 2.32. The van der Waals surface area contributed by atoms with Crippen LogP contribution >= 0.6 is 11.6 Å². The second kappa shape index (κ2) is 6.61. The number of rotatable bonds is 6. The molecule has 0 aliphatic rings. The molecule has 0 fully saturated rings. The molecule has 0 aliphatic carbocycles. The van der Waals surface area contributed by atoms with Gasteiger partial charge < -0.3 is 15.4 Å². The lowest BCUT2D eigenvalue weighted by Crippen LogP contribution is -2.28. The number of anilines is 1. The van der Waals surface area contributed by atoms with Crippen LogP contribution in [-0.4, -0.2) is 27.7 Å². The van der Waals surface area contributed by atoms with Gasteiger partial charge >= 0.3 is 0 Å². The molecule has 1 aromatic rings. The molecule has 0 amide bonds. The van der Waals surface area contributed by atoms with Gasteiger partial charge in [-0.2, -0.15) is 0 Å². The summed E-state index contributed by atoms with van der Waals surface area (Å²) in [6.07, 6.45) is 2.63. The number of nitrogens with zero attached hydrogens (tertiary/aromatic N) is 1. The van der Waals surface area contributed by atoms with Gasteiger partial charge in [-0.05, 0) is 5.92 Å². The van der Waals surface area contributed by atoms with Gasteiger partial charge in [0.1, 0.15) is 5.02 Å². The van der Waals surface area contributed by atoms with Gasteiger partial charge in [-0.1, -0.05) is 38.3 Å². The molecule has 3 N–H and O–H groups in total. The summed E-state index contributed by atoms with van der Waals surface area (Å²) >= 11 is 5.77. The van der Waals surface area contributed by atoms with Crippen molar-refractivity contribution in [3.8, 4) is 0 Å². The summed E-state index contributed by atoms with van der Waals surface area (Å²) in [7, 11) is 0. The van der Waals surface area contributed by atoms with Gasteiger partial charge in [0.15, 0.2) is 5.82 Å². The van der Waals surface area contributed by atoms with Gasteiger partial charge in [0.2, 0.25) is 0 Å². The van der Waals surface area contributed by atoms with E-state index in [4.69, 9.17) is 11.6 Å². The predicted octanol–water partition coefficient (Wildman–Crippen LogP) is 1.63. The number of hydrogen-bond donors (Lipinski definition) is 3. The van der Waals surface area contributed by atoms with E-state index in [9.17, 15) is 9.90 Å². The Morgan fingerprint density at radius 3 is 2.76 bits per heavy atom. The summed E-state index contributed by atoms with van der Waals surface area (Å²) in [6.45, 7) is 4.41. The molecule has 1 unspecified atom stereocenters. The SMILES string of the molecule is CCC(CC)C(O)CNc1nc[nH]c(=O)c1Cl. The molecular formula is C11H18ClN3O2. The van der Waals surface area contributed by atoms with Crippen LogP contribution in [0.5, 0.6) is 0 Å². The number of aliphatic hydroxyl groups is 1. The fraction of sp³-hybridized carbons (Fsp3) is 0.636. The molecule has 5 nitrogen and oxygen atoms in total. The van der Waals surface area contributed by atoms with E-state index >= 15 is 0 Å². The Morgan fingerprint density at radius 2 is 2.18 bits per heavy atom. The molecule has 96 valence electrons. The summed E-state index contributed by atoms with van der Waals surface area (Å²) in [6, 6.07) is 0. The van der Waals surface area contributed by atoms with E-state index < -0.39 is 6.10 Å². The lowest BCUT2D eigenvalue weighted by atomic mass is 9.97. The second-order valence-electron chi connectivity index (χ2n) is 3.92. The maximum Gasteiger partial charge on any atom is 0.271 e. The number of nitrogens with one attached hydrogen (secondary N) is 2. The van der Waals surface area contributed by atoms with Gasteiger partial charge in [0.25, 0.3) is 5.56 Å². The van der Waals surface area contributed by atoms with Crippen molar-refractivity contribution in [3.05, 3.63) is 21.7 Å². The van der Waals surface area contributed by atoms with Crippen LogP contribution in [0, 0.1) is 5.92 Å². The molecule has 0 radical (unpaired) electrons. The standard InChI is InChI=1S/C11H18ClN3O2/c1-3-7(4-2)8(16)5-13-10-9(12)11(17)15-6-14-10/h6-8,16H,3-5H2,1-2H3,(H2,13,14,15,17). The maximum absolute atomic E-state index is 11.2. The zero-order valence-corrected chi connectivity index (χ0v) is 10.8. The number of aromatic nitrogens is 2. The van der Waals surface area contributed by atoms with Crippen LogP contribution in [0.2, 0.25) is 5.02 Å². The largest absolute Gasteiger partial charge is 0.391 e. The van der Waals surface area contributed by atoms with Crippen molar-refractivity contribution in [1.29, 1.82) is 0 Å².